The number of benzene rings is 2. The summed E-state index contributed by atoms with van der Waals surface area (Å²) < 4.78 is 5.30. The third kappa shape index (κ3) is 6.23. The first-order valence-corrected chi connectivity index (χ1v) is 11.9. The van der Waals surface area contributed by atoms with Crippen molar-refractivity contribution < 1.29 is 19.1 Å². The zero-order valence-corrected chi connectivity index (χ0v) is 20.5. The topological polar surface area (TPSA) is 102 Å². The fourth-order valence-corrected chi connectivity index (χ4v) is 4.48. The molecule has 0 bridgehead atoms. The molecule has 1 heterocycles. The zero-order valence-electron chi connectivity index (χ0n) is 20.5. The van der Waals surface area contributed by atoms with Crippen LogP contribution in [0, 0.1) is 0 Å². The van der Waals surface area contributed by atoms with E-state index in [0.717, 1.165) is 27.9 Å². The van der Waals surface area contributed by atoms with E-state index in [0.29, 0.717) is 32.2 Å². The molecule has 3 rings (SSSR count). The monoisotopic (exact) mass is 465 g/mol. The predicted molar refractivity (Wildman–Crippen MR) is 134 cm³/mol. The third-order valence-corrected chi connectivity index (χ3v) is 6.00. The molecule has 2 aromatic rings. The molecule has 0 radical (unpaired) electrons. The number of alkyl carbamates (subject to hydrolysis) is 1. The second-order valence-corrected chi connectivity index (χ2v) is 9.20. The van der Waals surface area contributed by atoms with Crippen LogP contribution < -0.4 is 16.0 Å². The predicted octanol–water partition coefficient (Wildman–Crippen LogP) is 4.52. The van der Waals surface area contributed by atoms with Crippen molar-refractivity contribution in [1.29, 1.82) is 0 Å². The summed E-state index contributed by atoms with van der Waals surface area (Å²) in [6.07, 6.45) is 1.51. The molecular weight excluding hydrogens is 430 g/mol. The molecule has 1 aliphatic rings. The highest BCUT2D eigenvalue weighted by Crippen LogP contribution is 2.39. The van der Waals surface area contributed by atoms with Crippen molar-refractivity contribution in [3.05, 3.63) is 53.6 Å². The molecule has 2 aromatic carbocycles. The Morgan fingerprint density at radius 1 is 1.12 bits per heavy atom. The molecular formula is C27H35N3O4. The number of anilines is 1. The van der Waals surface area contributed by atoms with Crippen LogP contribution in [0.25, 0.3) is 11.1 Å². The van der Waals surface area contributed by atoms with Gasteiger partial charge in [-0.15, -0.1) is 0 Å². The molecule has 2 atom stereocenters. The molecule has 0 spiro atoms. The van der Waals surface area contributed by atoms with Gasteiger partial charge in [0.15, 0.2) is 0 Å². The number of amides is 2. The first kappa shape index (κ1) is 25.4. The number of nitrogens with one attached hydrogen (secondary N) is 1. The van der Waals surface area contributed by atoms with E-state index in [2.05, 4.69) is 5.32 Å². The Kier molecular flexibility index (Phi) is 8.45. The largest absolute Gasteiger partial charge is 0.447 e. The van der Waals surface area contributed by atoms with Gasteiger partial charge < -0.3 is 20.7 Å². The molecule has 7 nitrogen and oxygen atoms in total. The lowest BCUT2D eigenvalue weighted by Gasteiger charge is -2.39. The molecule has 0 saturated carbocycles. The van der Waals surface area contributed by atoms with Crippen LogP contribution in [0.3, 0.4) is 0 Å². The van der Waals surface area contributed by atoms with Gasteiger partial charge in [-0.05, 0) is 74.5 Å². The van der Waals surface area contributed by atoms with Crippen LogP contribution in [0.15, 0.2) is 42.5 Å². The quantitative estimate of drug-likeness (QED) is 0.597. The summed E-state index contributed by atoms with van der Waals surface area (Å²) in [5, 5.41) is 2.98. The van der Waals surface area contributed by atoms with Crippen molar-refractivity contribution in [2.75, 3.05) is 11.4 Å². The number of fused-ring (bicyclic) bond motifs is 1. The Morgan fingerprint density at radius 3 is 2.41 bits per heavy atom. The maximum Gasteiger partial charge on any atom is 0.407 e. The molecule has 34 heavy (non-hydrogen) atoms. The number of Topliss-reactive ketones (excluding diaryl/α,β-unsaturated/α-hetero) is 1. The van der Waals surface area contributed by atoms with Gasteiger partial charge in [-0.1, -0.05) is 30.3 Å². The highest BCUT2D eigenvalue weighted by Gasteiger charge is 2.33. The molecule has 3 N–H and O–H groups in total. The number of rotatable bonds is 8. The number of ether oxygens (including phenoxy) is 1. The Balaban J connectivity index is 1.88. The first-order chi connectivity index (χ1) is 16.2. The molecule has 2 amide bonds. The van der Waals surface area contributed by atoms with Gasteiger partial charge in [0.25, 0.3) is 0 Å². The lowest BCUT2D eigenvalue weighted by atomic mass is 9.89. The summed E-state index contributed by atoms with van der Waals surface area (Å²) in [7, 11) is 0. The lowest BCUT2D eigenvalue weighted by molar-refractivity contribution is -0.118. The van der Waals surface area contributed by atoms with Crippen molar-refractivity contribution in [1.82, 2.24) is 5.32 Å². The normalized spacial score (nSPS) is 17.3. The van der Waals surface area contributed by atoms with Crippen LogP contribution in [0.2, 0.25) is 0 Å². The number of ketones is 1. The van der Waals surface area contributed by atoms with Gasteiger partial charge in [-0.2, -0.15) is 0 Å². The molecule has 0 saturated heterocycles. The second-order valence-electron chi connectivity index (χ2n) is 9.20. The molecule has 2 unspecified atom stereocenters. The van der Waals surface area contributed by atoms with Crippen LogP contribution in [0.5, 0.6) is 0 Å². The second kappa shape index (κ2) is 11.3. The maximum atomic E-state index is 12.4. The van der Waals surface area contributed by atoms with Crippen LogP contribution >= 0.6 is 0 Å². The van der Waals surface area contributed by atoms with Gasteiger partial charge in [0.2, 0.25) is 5.91 Å². The SMILES string of the molecule is CC(=O)N1c2ccc(-c3ccc(CC(=O)CCCN)cc3)cc2C(NC(=O)OC(C)C)CC1C. The number of hydrogen-bond acceptors (Lipinski definition) is 5. The third-order valence-electron chi connectivity index (χ3n) is 6.00. The minimum absolute atomic E-state index is 0.0339. The maximum absolute atomic E-state index is 12.4. The number of carbonyl (C=O) groups is 3. The molecule has 0 fully saturated rings. The molecule has 0 aromatic heterocycles. The van der Waals surface area contributed by atoms with Crippen molar-refractivity contribution in [3.8, 4) is 11.1 Å². The molecule has 7 heteroatoms. The van der Waals surface area contributed by atoms with E-state index in [-0.39, 0.29) is 29.9 Å². The van der Waals surface area contributed by atoms with Gasteiger partial charge in [0.1, 0.15) is 5.78 Å². The van der Waals surface area contributed by atoms with Crippen molar-refractivity contribution in [2.24, 2.45) is 5.73 Å². The van der Waals surface area contributed by atoms with E-state index in [9.17, 15) is 14.4 Å². The number of hydrogen-bond donors (Lipinski definition) is 2. The van der Waals surface area contributed by atoms with E-state index >= 15 is 0 Å². The van der Waals surface area contributed by atoms with Crippen LogP contribution in [0.4, 0.5) is 10.5 Å². The van der Waals surface area contributed by atoms with Gasteiger partial charge in [0, 0.05) is 31.5 Å². The number of nitrogens with two attached hydrogens (primary N) is 1. The van der Waals surface area contributed by atoms with Crippen molar-refractivity contribution >= 4 is 23.5 Å². The van der Waals surface area contributed by atoms with Crippen LogP contribution in [0.1, 0.15) is 64.1 Å². The molecule has 182 valence electrons. The fraction of sp³-hybridized carbons (Fsp3) is 0.444. The van der Waals surface area contributed by atoms with Crippen molar-refractivity contribution in [2.45, 2.75) is 71.6 Å². The zero-order chi connectivity index (χ0) is 24.8. The van der Waals surface area contributed by atoms with Crippen molar-refractivity contribution in [3.63, 3.8) is 0 Å². The average Bonchev–Trinajstić information content (AvgIpc) is 2.77. The minimum atomic E-state index is -0.469. The summed E-state index contributed by atoms with van der Waals surface area (Å²) in [5.41, 5.74) is 10.1. The van der Waals surface area contributed by atoms with Gasteiger partial charge in [-0.3, -0.25) is 9.59 Å². The van der Waals surface area contributed by atoms with E-state index in [1.165, 1.54) is 0 Å². The minimum Gasteiger partial charge on any atom is -0.447 e. The summed E-state index contributed by atoms with van der Waals surface area (Å²) in [4.78, 5) is 38.6. The standard InChI is InChI=1S/C27H35N3O4/c1-17(2)34-27(33)29-25-14-18(3)30(19(4)31)26-12-11-22(16-24(25)26)21-9-7-20(8-10-21)15-23(32)6-5-13-28/h7-12,16-18,25H,5-6,13-15,28H2,1-4H3,(H,29,33). The molecule has 1 aliphatic heterocycles. The summed E-state index contributed by atoms with van der Waals surface area (Å²) >= 11 is 0. The number of carbonyl (C=O) groups excluding carboxylic acids is 3. The Hall–Kier alpha value is -3.19. The first-order valence-electron chi connectivity index (χ1n) is 11.9. The highest BCUT2D eigenvalue weighted by atomic mass is 16.6. The fourth-order valence-electron chi connectivity index (χ4n) is 4.48. The Morgan fingerprint density at radius 2 is 1.79 bits per heavy atom. The summed E-state index contributed by atoms with van der Waals surface area (Å²) in [5.74, 6) is 0.154. The lowest BCUT2D eigenvalue weighted by Crippen LogP contribution is -2.45. The van der Waals surface area contributed by atoms with Crippen LogP contribution in [-0.2, 0) is 20.7 Å². The van der Waals surface area contributed by atoms with E-state index < -0.39 is 6.09 Å². The average molecular weight is 466 g/mol. The van der Waals surface area contributed by atoms with Gasteiger partial charge in [-0.25, -0.2) is 4.79 Å². The highest BCUT2D eigenvalue weighted by molar-refractivity contribution is 5.94. The Bertz CT molecular complexity index is 1030. The van der Waals surface area contributed by atoms with E-state index in [1.54, 1.807) is 11.8 Å². The van der Waals surface area contributed by atoms with Gasteiger partial charge in [0.05, 0.1) is 12.1 Å². The van der Waals surface area contributed by atoms with E-state index in [4.69, 9.17) is 10.5 Å². The summed E-state index contributed by atoms with van der Waals surface area (Å²) in [6, 6.07) is 13.5. The van der Waals surface area contributed by atoms with E-state index in [1.807, 2.05) is 63.2 Å². The Labute approximate surface area is 201 Å². The summed E-state index contributed by atoms with van der Waals surface area (Å²) in [6.45, 7) is 7.68. The smallest absolute Gasteiger partial charge is 0.407 e. The molecule has 0 aliphatic carbocycles. The number of nitrogens with zero attached hydrogens (tertiary/aromatic N) is 1. The van der Waals surface area contributed by atoms with Gasteiger partial charge >= 0.3 is 6.09 Å². The van der Waals surface area contributed by atoms with Crippen LogP contribution in [-0.4, -0.2) is 36.5 Å².